The molecule has 33 heavy (non-hydrogen) atoms. The third kappa shape index (κ3) is 4.90. The smallest absolute Gasteiger partial charge is 0.314 e. The fraction of sp³-hybridized carbons (Fsp3) is 0.261. The summed E-state index contributed by atoms with van der Waals surface area (Å²) in [7, 11) is -1.75. The molecule has 9 nitrogen and oxygen atoms in total. The number of fused-ring (bicyclic) bond motifs is 1. The van der Waals surface area contributed by atoms with E-state index in [0.717, 1.165) is 16.9 Å². The number of methoxy groups -OCH3 is 1. The van der Waals surface area contributed by atoms with Gasteiger partial charge in [0, 0.05) is 12.1 Å². The van der Waals surface area contributed by atoms with Crippen molar-refractivity contribution in [3.05, 3.63) is 70.9 Å². The number of carbonyl (C=O) groups excluding carboxylic acids is 2. The number of para-hydroxylation sites is 1. The van der Waals surface area contributed by atoms with Crippen molar-refractivity contribution in [3.63, 3.8) is 0 Å². The number of hydrogen-bond donors (Lipinski definition) is 2. The Morgan fingerprint density at radius 2 is 1.79 bits per heavy atom. The molecule has 0 unspecified atom stereocenters. The van der Waals surface area contributed by atoms with Crippen LogP contribution in [-0.2, 0) is 37.4 Å². The van der Waals surface area contributed by atoms with Crippen LogP contribution in [0.2, 0.25) is 0 Å². The molecule has 0 bridgehead atoms. The van der Waals surface area contributed by atoms with Gasteiger partial charge in [-0.05, 0) is 42.7 Å². The third-order valence-electron chi connectivity index (χ3n) is 5.43. The minimum Gasteiger partial charge on any atom is -0.497 e. The lowest BCUT2D eigenvalue weighted by Crippen LogP contribution is -2.37. The van der Waals surface area contributed by atoms with Crippen LogP contribution in [0.5, 0.6) is 5.75 Å². The average molecular weight is 469 g/mol. The maximum atomic E-state index is 12.6. The van der Waals surface area contributed by atoms with Gasteiger partial charge in [-0.25, -0.2) is 13.1 Å². The van der Waals surface area contributed by atoms with Crippen LogP contribution < -0.4 is 15.4 Å². The predicted molar refractivity (Wildman–Crippen MR) is 123 cm³/mol. The second-order valence-corrected chi connectivity index (χ2v) is 9.88. The predicted octanol–water partition coefficient (Wildman–Crippen LogP) is 1.92. The SMILES string of the molecule is COc1ccc(CCNC(=O)C(=O)Nc2c3c(nn2-c2ccccc2C)CS(=O)(=O)C3)cc1. The van der Waals surface area contributed by atoms with Gasteiger partial charge in [0.2, 0.25) is 0 Å². The van der Waals surface area contributed by atoms with E-state index in [1.54, 1.807) is 7.11 Å². The van der Waals surface area contributed by atoms with Gasteiger partial charge in [0.25, 0.3) is 0 Å². The number of nitrogens with zero attached hydrogens (tertiary/aromatic N) is 2. The van der Waals surface area contributed by atoms with Crippen LogP contribution in [0.4, 0.5) is 5.82 Å². The first-order chi connectivity index (χ1) is 15.8. The van der Waals surface area contributed by atoms with Gasteiger partial charge in [-0.2, -0.15) is 5.10 Å². The van der Waals surface area contributed by atoms with E-state index < -0.39 is 21.7 Å². The fourth-order valence-corrected chi connectivity index (χ4v) is 5.20. The molecule has 2 amide bonds. The van der Waals surface area contributed by atoms with Crippen LogP contribution in [0.15, 0.2) is 48.5 Å². The molecule has 0 aliphatic carbocycles. The summed E-state index contributed by atoms with van der Waals surface area (Å²) in [4.78, 5) is 25.0. The zero-order valence-electron chi connectivity index (χ0n) is 18.3. The molecule has 0 saturated carbocycles. The zero-order valence-corrected chi connectivity index (χ0v) is 19.1. The molecule has 2 aromatic carbocycles. The largest absolute Gasteiger partial charge is 0.497 e. The minimum atomic E-state index is -3.34. The Balaban J connectivity index is 1.48. The number of hydrogen-bond acceptors (Lipinski definition) is 6. The molecule has 0 atom stereocenters. The van der Waals surface area contributed by atoms with Crippen molar-refractivity contribution in [2.24, 2.45) is 0 Å². The third-order valence-corrected chi connectivity index (χ3v) is 6.87. The van der Waals surface area contributed by atoms with Crippen LogP contribution in [-0.4, -0.2) is 43.7 Å². The number of benzene rings is 2. The summed E-state index contributed by atoms with van der Waals surface area (Å²) in [5.41, 5.74) is 3.36. The van der Waals surface area contributed by atoms with Crippen molar-refractivity contribution in [2.45, 2.75) is 24.9 Å². The highest BCUT2D eigenvalue weighted by atomic mass is 32.2. The molecule has 1 aromatic heterocycles. The van der Waals surface area contributed by atoms with E-state index in [1.807, 2.05) is 55.5 Å². The van der Waals surface area contributed by atoms with Crippen LogP contribution in [0.3, 0.4) is 0 Å². The molecule has 1 aliphatic rings. The second kappa shape index (κ2) is 9.07. The zero-order chi connectivity index (χ0) is 23.6. The molecule has 2 heterocycles. The van der Waals surface area contributed by atoms with Gasteiger partial charge in [0.05, 0.1) is 30.0 Å². The molecule has 0 spiro atoms. The first kappa shape index (κ1) is 22.5. The van der Waals surface area contributed by atoms with Crippen LogP contribution >= 0.6 is 0 Å². The fourth-order valence-electron chi connectivity index (χ4n) is 3.70. The highest BCUT2D eigenvalue weighted by Gasteiger charge is 2.34. The number of amides is 2. The molecule has 0 fully saturated rings. The lowest BCUT2D eigenvalue weighted by molar-refractivity contribution is -0.136. The standard InChI is InChI=1S/C23H24N4O5S/c1-15-5-3-4-6-20(15)27-21(18-13-33(30,31)14-19(18)26-27)25-23(29)22(28)24-12-11-16-7-9-17(32-2)10-8-16/h3-10H,11-14H2,1-2H3,(H,24,28)(H,25,29). The normalized spacial score (nSPS) is 13.9. The monoisotopic (exact) mass is 468 g/mol. The first-order valence-corrected chi connectivity index (χ1v) is 12.2. The van der Waals surface area contributed by atoms with Gasteiger partial charge in [-0.3, -0.25) is 9.59 Å². The van der Waals surface area contributed by atoms with Crippen molar-refractivity contribution in [3.8, 4) is 11.4 Å². The first-order valence-electron chi connectivity index (χ1n) is 10.4. The number of carbonyl (C=O) groups is 2. The molecule has 0 saturated heterocycles. The number of aromatic nitrogens is 2. The van der Waals surface area contributed by atoms with E-state index in [0.29, 0.717) is 23.4 Å². The number of anilines is 1. The Morgan fingerprint density at radius 3 is 2.48 bits per heavy atom. The number of rotatable bonds is 6. The number of ether oxygens (including phenoxy) is 1. The summed E-state index contributed by atoms with van der Waals surface area (Å²) in [6.45, 7) is 2.15. The van der Waals surface area contributed by atoms with Crippen molar-refractivity contribution in [1.82, 2.24) is 15.1 Å². The van der Waals surface area contributed by atoms with Crippen molar-refractivity contribution in [1.29, 1.82) is 0 Å². The molecule has 2 N–H and O–H groups in total. The van der Waals surface area contributed by atoms with E-state index >= 15 is 0 Å². The Kier molecular flexibility index (Phi) is 6.19. The summed E-state index contributed by atoms with van der Waals surface area (Å²) < 4.78 is 30.8. The van der Waals surface area contributed by atoms with E-state index in [4.69, 9.17) is 4.74 Å². The maximum Gasteiger partial charge on any atom is 0.314 e. The molecular weight excluding hydrogens is 444 g/mol. The van der Waals surface area contributed by atoms with Gasteiger partial charge in [-0.15, -0.1) is 0 Å². The molecule has 3 aromatic rings. The molecule has 0 radical (unpaired) electrons. The molecule has 4 rings (SSSR count). The Labute approximate surface area is 191 Å². The summed E-state index contributed by atoms with van der Waals surface area (Å²) in [5.74, 6) is -1.18. The Bertz CT molecular complexity index is 1310. The van der Waals surface area contributed by atoms with Gasteiger partial charge >= 0.3 is 11.8 Å². The molecule has 172 valence electrons. The van der Waals surface area contributed by atoms with Crippen LogP contribution in [0, 0.1) is 6.92 Å². The van der Waals surface area contributed by atoms with Crippen molar-refractivity contribution >= 4 is 27.5 Å². The minimum absolute atomic E-state index is 0.196. The second-order valence-electron chi connectivity index (χ2n) is 7.81. The summed E-state index contributed by atoms with van der Waals surface area (Å²) >= 11 is 0. The Hall–Kier alpha value is -3.66. The number of nitrogens with one attached hydrogen (secondary N) is 2. The van der Waals surface area contributed by atoms with Gasteiger partial charge in [0.15, 0.2) is 9.84 Å². The number of aryl methyl sites for hydroxylation is 1. The summed E-state index contributed by atoms with van der Waals surface area (Å²) in [6.07, 6.45) is 0.539. The molecule has 10 heteroatoms. The highest BCUT2D eigenvalue weighted by molar-refractivity contribution is 7.90. The lowest BCUT2D eigenvalue weighted by Gasteiger charge is -2.13. The Morgan fingerprint density at radius 1 is 1.06 bits per heavy atom. The van der Waals surface area contributed by atoms with E-state index in [9.17, 15) is 18.0 Å². The van der Waals surface area contributed by atoms with Gasteiger partial charge in [0.1, 0.15) is 11.6 Å². The maximum absolute atomic E-state index is 12.6. The van der Waals surface area contributed by atoms with E-state index in [2.05, 4.69) is 15.7 Å². The van der Waals surface area contributed by atoms with Crippen molar-refractivity contribution in [2.75, 3.05) is 19.0 Å². The molecule has 1 aliphatic heterocycles. The molecular formula is C23H24N4O5S. The summed E-state index contributed by atoms with van der Waals surface area (Å²) in [5, 5.41) is 9.61. The topological polar surface area (TPSA) is 119 Å². The van der Waals surface area contributed by atoms with E-state index in [-0.39, 0.29) is 23.9 Å². The van der Waals surface area contributed by atoms with E-state index in [1.165, 1.54) is 4.68 Å². The van der Waals surface area contributed by atoms with Gasteiger partial charge in [-0.1, -0.05) is 30.3 Å². The van der Waals surface area contributed by atoms with Crippen LogP contribution in [0.25, 0.3) is 5.69 Å². The van der Waals surface area contributed by atoms with Crippen molar-refractivity contribution < 1.29 is 22.7 Å². The number of sulfone groups is 1. The van der Waals surface area contributed by atoms with Gasteiger partial charge < -0.3 is 15.4 Å². The average Bonchev–Trinajstić information content (AvgIpc) is 3.26. The highest BCUT2D eigenvalue weighted by Crippen LogP contribution is 2.33. The lowest BCUT2D eigenvalue weighted by atomic mass is 10.1. The summed E-state index contributed by atoms with van der Waals surface area (Å²) in [6, 6.07) is 14.8. The quantitative estimate of drug-likeness (QED) is 0.534. The van der Waals surface area contributed by atoms with Crippen LogP contribution in [0.1, 0.15) is 22.4 Å².